The maximum absolute atomic E-state index is 12.9. The Labute approximate surface area is 198 Å². The molecule has 1 aromatic carbocycles. The molecule has 2 N–H and O–H groups in total. The molecule has 1 aromatic rings. The number of anilines is 1. The highest BCUT2D eigenvalue weighted by atomic mass is 16.2. The first-order chi connectivity index (χ1) is 15.0. The van der Waals surface area contributed by atoms with Gasteiger partial charge >= 0.3 is 0 Å². The average Bonchev–Trinajstić information content (AvgIpc) is 3.01. The number of benzene rings is 1. The van der Waals surface area contributed by atoms with Crippen LogP contribution in [0.5, 0.6) is 0 Å². The van der Waals surface area contributed by atoms with E-state index in [-0.39, 0.29) is 11.4 Å². The highest BCUT2D eigenvalue weighted by molar-refractivity contribution is 6.05. The normalized spacial score (nSPS) is 18.7. The summed E-state index contributed by atoms with van der Waals surface area (Å²) in [6.07, 6.45) is 12.7. The lowest BCUT2D eigenvalue weighted by atomic mass is 9.69. The van der Waals surface area contributed by atoms with Crippen molar-refractivity contribution in [2.75, 3.05) is 4.90 Å². The summed E-state index contributed by atoms with van der Waals surface area (Å²) in [4.78, 5) is 14.8. The first kappa shape index (κ1) is 26.9. The molecular formula is C29H50N2O. The van der Waals surface area contributed by atoms with Gasteiger partial charge in [0.15, 0.2) is 0 Å². The van der Waals surface area contributed by atoms with E-state index in [4.69, 9.17) is 5.73 Å². The number of nitrogens with zero attached hydrogens (tertiary/aromatic N) is 1. The molecule has 1 aliphatic rings. The molecule has 0 aliphatic carbocycles. The summed E-state index contributed by atoms with van der Waals surface area (Å²) in [5.74, 6) is 1.62. The number of hydrogen-bond acceptors (Lipinski definition) is 2. The van der Waals surface area contributed by atoms with Gasteiger partial charge in [0.1, 0.15) is 6.04 Å². The van der Waals surface area contributed by atoms with Crippen molar-refractivity contribution >= 4 is 11.6 Å². The summed E-state index contributed by atoms with van der Waals surface area (Å²) in [6.45, 7) is 16.5. The van der Waals surface area contributed by atoms with Crippen molar-refractivity contribution < 1.29 is 4.79 Å². The predicted molar refractivity (Wildman–Crippen MR) is 139 cm³/mol. The lowest BCUT2D eigenvalue weighted by Crippen LogP contribution is -2.47. The second-order valence-corrected chi connectivity index (χ2v) is 11.7. The van der Waals surface area contributed by atoms with E-state index in [1.165, 1.54) is 51.4 Å². The standard InChI is InChI=1S/C29H50N2O/c1-8-9-12-17-22(2)23(3)28(4,5)20-15-10-11-16-21-29(6,7)31-25-19-14-13-18-24(25)26(30)27(31)32/h13-14,18-19,22-23,26H,8-12,15-17,20-21,30H2,1-7H3/t22-,23-,26-/m0/s1. The lowest BCUT2D eigenvalue weighted by molar-refractivity contribution is -0.120. The van der Waals surface area contributed by atoms with Crippen LogP contribution < -0.4 is 10.6 Å². The highest BCUT2D eigenvalue weighted by Crippen LogP contribution is 2.41. The number of nitrogens with two attached hydrogens (primary N) is 1. The van der Waals surface area contributed by atoms with Crippen molar-refractivity contribution in [2.45, 2.75) is 124 Å². The Kier molecular flexibility index (Phi) is 9.82. The topological polar surface area (TPSA) is 46.3 Å². The number of unbranched alkanes of at least 4 members (excludes halogenated alkanes) is 5. The third-order valence-electron chi connectivity index (χ3n) is 8.31. The molecule has 0 saturated heterocycles. The van der Waals surface area contributed by atoms with E-state index in [1.54, 1.807) is 0 Å². The van der Waals surface area contributed by atoms with Gasteiger partial charge in [-0.15, -0.1) is 0 Å². The fraction of sp³-hybridized carbons (Fsp3) is 0.759. The van der Waals surface area contributed by atoms with Gasteiger partial charge in [-0.25, -0.2) is 0 Å². The van der Waals surface area contributed by atoms with E-state index in [9.17, 15) is 4.79 Å². The first-order valence-electron chi connectivity index (χ1n) is 13.2. The number of carbonyl (C=O) groups is 1. The monoisotopic (exact) mass is 442 g/mol. The van der Waals surface area contributed by atoms with Gasteiger partial charge in [0.25, 0.3) is 0 Å². The van der Waals surface area contributed by atoms with Gasteiger partial charge in [-0.05, 0) is 50.0 Å². The molecule has 3 atom stereocenters. The summed E-state index contributed by atoms with van der Waals surface area (Å²) in [5, 5.41) is 0. The van der Waals surface area contributed by atoms with Gasteiger partial charge < -0.3 is 10.6 Å². The number of amides is 1. The molecule has 0 unspecified atom stereocenters. The summed E-state index contributed by atoms with van der Waals surface area (Å²) in [5.41, 5.74) is 8.37. The number of rotatable bonds is 14. The van der Waals surface area contributed by atoms with E-state index in [0.29, 0.717) is 5.41 Å². The van der Waals surface area contributed by atoms with Crippen LogP contribution in [-0.4, -0.2) is 11.4 Å². The first-order valence-corrected chi connectivity index (χ1v) is 13.2. The SMILES string of the molecule is CCCCC[C@H](C)[C@H](C)C(C)(C)CCCCCCC(C)(C)N1C(=O)[C@@H](N)c2ccccc21. The summed E-state index contributed by atoms with van der Waals surface area (Å²) in [6, 6.07) is 7.48. The minimum absolute atomic E-state index is 0.0417. The number of hydrogen-bond donors (Lipinski definition) is 1. The molecular weight excluding hydrogens is 392 g/mol. The third kappa shape index (κ3) is 6.59. The van der Waals surface area contributed by atoms with Gasteiger partial charge in [0.2, 0.25) is 5.91 Å². The Bertz CT molecular complexity index is 724. The number of para-hydroxylation sites is 1. The molecule has 182 valence electrons. The van der Waals surface area contributed by atoms with Gasteiger partial charge in [-0.3, -0.25) is 4.79 Å². The third-order valence-corrected chi connectivity index (χ3v) is 8.31. The van der Waals surface area contributed by atoms with Gasteiger partial charge in [0, 0.05) is 16.8 Å². The second kappa shape index (κ2) is 11.7. The van der Waals surface area contributed by atoms with E-state index >= 15 is 0 Å². The molecule has 1 amide bonds. The molecule has 3 heteroatoms. The Balaban J connectivity index is 1.76. The highest BCUT2D eigenvalue weighted by Gasteiger charge is 2.42. The van der Waals surface area contributed by atoms with E-state index in [2.05, 4.69) is 48.5 Å². The molecule has 0 fully saturated rings. The van der Waals surface area contributed by atoms with Crippen LogP contribution in [0.4, 0.5) is 5.69 Å². The van der Waals surface area contributed by atoms with Crippen LogP contribution >= 0.6 is 0 Å². The summed E-state index contributed by atoms with van der Waals surface area (Å²) in [7, 11) is 0. The summed E-state index contributed by atoms with van der Waals surface area (Å²) < 4.78 is 0. The van der Waals surface area contributed by atoms with Crippen molar-refractivity contribution in [3.63, 3.8) is 0 Å². The van der Waals surface area contributed by atoms with Crippen LogP contribution in [0.25, 0.3) is 0 Å². The minimum Gasteiger partial charge on any atom is -0.316 e. The molecule has 32 heavy (non-hydrogen) atoms. The van der Waals surface area contributed by atoms with Crippen molar-refractivity contribution in [3.05, 3.63) is 29.8 Å². The van der Waals surface area contributed by atoms with Crippen LogP contribution in [0.15, 0.2) is 24.3 Å². The quantitative estimate of drug-likeness (QED) is 0.296. The van der Waals surface area contributed by atoms with Crippen molar-refractivity contribution in [3.8, 4) is 0 Å². The van der Waals surface area contributed by atoms with E-state index in [1.807, 2.05) is 29.2 Å². The maximum Gasteiger partial charge on any atom is 0.249 e. The molecule has 2 rings (SSSR count). The predicted octanol–water partition coefficient (Wildman–Crippen LogP) is 8.03. The molecule has 0 saturated carbocycles. The molecule has 0 bridgehead atoms. The van der Waals surface area contributed by atoms with Crippen molar-refractivity contribution in [1.82, 2.24) is 0 Å². The Morgan fingerprint density at radius 3 is 2.22 bits per heavy atom. The minimum atomic E-state index is -0.515. The number of carbonyl (C=O) groups excluding carboxylic acids is 1. The molecule has 0 aromatic heterocycles. The van der Waals surface area contributed by atoms with Gasteiger partial charge in [-0.2, -0.15) is 0 Å². The summed E-state index contributed by atoms with van der Waals surface area (Å²) >= 11 is 0. The van der Waals surface area contributed by atoms with Gasteiger partial charge in [-0.1, -0.05) is 104 Å². The zero-order valence-corrected chi connectivity index (χ0v) is 22.0. The fourth-order valence-corrected chi connectivity index (χ4v) is 5.54. The maximum atomic E-state index is 12.9. The van der Waals surface area contributed by atoms with Crippen molar-refractivity contribution in [1.29, 1.82) is 0 Å². The van der Waals surface area contributed by atoms with E-state index in [0.717, 1.165) is 35.9 Å². The second-order valence-electron chi connectivity index (χ2n) is 11.7. The molecule has 1 aliphatic heterocycles. The lowest BCUT2D eigenvalue weighted by Gasteiger charge is -2.37. The van der Waals surface area contributed by atoms with Crippen molar-refractivity contribution in [2.24, 2.45) is 23.0 Å². The Morgan fingerprint density at radius 2 is 1.56 bits per heavy atom. The van der Waals surface area contributed by atoms with E-state index < -0.39 is 6.04 Å². The van der Waals surface area contributed by atoms with Crippen LogP contribution in [0.1, 0.15) is 124 Å². The Hall–Kier alpha value is -1.35. The Morgan fingerprint density at radius 1 is 0.938 bits per heavy atom. The molecule has 1 heterocycles. The zero-order chi connectivity index (χ0) is 23.9. The number of fused-ring (bicyclic) bond motifs is 1. The van der Waals surface area contributed by atoms with Crippen LogP contribution in [0.3, 0.4) is 0 Å². The average molecular weight is 443 g/mol. The van der Waals surface area contributed by atoms with Crippen LogP contribution in [0, 0.1) is 17.3 Å². The molecule has 0 spiro atoms. The molecule has 0 radical (unpaired) electrons. The largest absolute Gasteiger partial charge is 0.316 e. The zero-order valence-electron chi connectivity index (χ0n) is 22.0. The van der Waals surface area contributed by atoms with Crippen LogP contribution in [0.2, 0.25) is 0 Å². The smallest absolute Gasteiger partial charge is 0.249 e. The van der Waals surface area contributed by atoms with Crippen LogP contribution in [-0.2, 0) is 4.79 Å². The fourth-order valence-electron chi connectivity index (χ4n) is 5.54. The van der Waals surface area contributed by atoms with Gasteiger partial charge in [0.05, 0.1) is 0 Å². The molecule has 3 nitrogen and oxygen atoms in total.